The number of aromatic nitrogens is 2. The van der Waals surface area contributed by atoms with Crippen LogP contribution in [0.3, 0.4) is 0 Å². The van der Waals surface area contributed by atoms with Crippen molar-refractivity contribution in [3.8, 4) is 23.1 Å². The van der Waals surface area contributed by atoms with Crippen molar-refractivity contribution in [3.63, 3.8) is 0 Å². The fourth-order valence-corrected chi connectivity index (χ4v) is 4.54. The SMILES string of the molecule is COc1cccc(S(=O)(=O)n2cc(COC(=O)N(C)C(C)(C)C)c(F)c2-c2cccnc2C#N)c1. The van der Waals surface area contributed by atoms with Gasteiger partial charge in [-0.15, -0.1) is 0 Å². The van der Waals surface area contributed by atoms with Gasteiger partial charge in [0.05, 0.1) is 12.0 Å². The van der Waals surface area contributed by atoms with Gasteiger partial charge in [-0.2, -0.15) is 5.26 Å². The topological polar surface area (TPSA) is 115 Å². The molecule has 2 heterocycles. The van der Waals surface area contributed by atoms with Gasteiger partial charge >= 0.3 is 6.09 Å². The molecule has 0 fully saturated rings. The van der Waals surface area contributed by atoms with Crippen LogP contribution in [0.1, 0.15) is 32.0 Å². The van der Waals surface area contributed by atoms with E-state index in [1.54, 1.807) is 26.8 Å². The third kappa shape index (κ3) is 5.12. The first-order valence-electron chi connectivity index (χ1n) is 10.5. The van der Waals surface area contributed by atoms with Crippen LogP contribution in [0.2, 0.25) is 0 Å². The molecule has 0 bridgehead atoms. The molecule has 2 aromatic heterocycles. The molecule has 0 aliphatic rings. The predicted molar refractivity (Wildman–Crippen MR) is 126 cm³/mol. The van der Waals surface area contributed by atoms with Gasteiger partial charge in [-0.3, -0.25) is 0 Å². The van der Waals surface area contributed by atoms with Crippen molar-refractivity contribution in [1.82, 2.24) is 13.9 Å². The zero-order valence-corrected chi connectivity index (χ0v) is 20.8. The molecule has 3 aromatic rings. The summed E-state index contributed by atoms with van der Waals surface area (Å²) in [5.41, 5.74) is -1.31. The molecule has 0 atom stereocenters. The van der Waals surface area contributed by atoms with E-state index in [1.807, 2.05) is 6.07 Å². The summed E-state index contributed by atoms with van der Waals surface area (Å²) in [4.78, 5) is 17.5. The molecular weight excluding hydrogens is 475 g/mol. The first-order valence-corrected chi connectivity index (χ1v) is 11.9. The van der Waals surface area contributed by atoms with Gasteiger partial charge in [0.2, 0.25) is 0 Å². The fourth-order valence-electron chi connectivity index (χ4n) is 3.11. The number of hydrogen-bond acceptors (Lipinski definition) is 7. The van der Waals surface area contributed by atoms with Gasteiger partial charge in [0, 0.05) is 42.2 Å². The number of benzene rings is 1. The Kier molecular flexibility index (Phi) is 7.17. The number of pyridine rings is 1. The standard InChI is InChI=1S/C24H25FN4O5S/c1-24(2,3)28(4)23(30)34-15-16-14-29(35(31,32)18-9-6-8-17(12-18)33-5)22(21(16)25)19-10-7-11-27-20(19)13-26/h6-12,14H,15H2,1-5H3. The molecule has 35 heavy (non-hydrogen) atoms. The number of nitrogens with zero attached hydrogens (tertiary/aromatic N) is 4. The van der Waals surface area contributed by atoms with Crippen LogP contribution in [0.4, 0.5) is 9.18 Å². The molecule has 0 saturated carbocycles. The fraction of sp³-hybridized carbons (Fsp3) is 0.292. The summed E-state index contributed by atoms with van der Waals surface area (Å²) in [5.74, 6) is -0.661. The quantitative estimate of drug-likeness (QED) is 0.499. The smallest absolute Gasteiger partial charge is 0.410 e. The van der Waals surface area contributed by atoms with Gasteiger partial charge in [0.1, 0.15) is 29.8 Å². The molecule has 9 nitrogen and oxygen atoms in total. The van der Waals surface area contributed by atoms with Crippen LogP contribution in [-0.2, 0) is 21.4 Å². The lowest BCUT2D eigenvalue weighted by Gasteiger charge is -2.30. The van der Waals surface area contributed by atoms with Crippen LogP contribution in [-0.4, -0.2) is 48.1 Å². The van der Waals surface area contributed by atoms with Gasteiger partial charge in [-0.1, -0.05) is 6.07 Å². The Bertz CT molecular complexity index is 1400. The summed E-state index contributed by atoms with van der Waals surface area (Å²) in [6.45, 7) is 4.88. The monoisotopic (exact) mass is 500 g/mol. The maximum Gasteiger partial charge on any atom is 0.410 e. The van der Waals surface area contributed by atoms with Gasteiger partial charge in [0.25, 0.3) is 10.0 Å². The Morgan fingerprint density at radius 3 is 2.60 bits per heavy atom. The highest BCUT2D eigenvalue weighted by atomic mass is 32.2. The molecule has 0 radical (unpaired) electrons. The lowest BCUT2D eigenvalue weighted by Crippen LogP contribution is -2.42. The number of carbonyl (C=O) groups is 1. The molecule has 184 valence electrons. The van der Waals surface area contributed by atoms with E-state index in [4.69, 9.17) is 9.47 Å². The highest BCUT2D eigenvalue weighted by Crippen LogP contribution is 2.33. The van der Waals surface area contributed by atoms with Crippen LogP contribution in [0.15, 0.2) is 53.7 Å². The number of hydrogen-bond donors (Lipinski definition) is 0. The number of ether oxygens (including phenoxy) is 2. The van der Waals surface area contributed by atoms with E-state index in [-0.39, 0.29) is 21.7 Å². The van der Waals surface area contributed by atoms with Gasteiger partial charge < -0.3 is 14.4 Å². The number of rotatable bonds is 6. The molecule has 3 rings (SSSR count). The summed E-state index contributed by atoms with van der Waals surface area (Å²) in [6, 6.07) is 10.4. The summed E-state index contributed by atoms with van der Waals surface area (Å²) in [5, 5.41) is 9.48. The van der Waals surface area contributed by atoms with Crippen molar-refractivity contribution in [1.29, 1.82) is 5.26 Å². The van der Waals surface area contributed by atoms with Crippen LogP contribution >= 0.6 is 0 Å². The predicted octanol–water partition coefficient (Wildman–Crippen LogP) is 4.17. The third-order valence-corrected chi connectivity index (χ3v) is 7.04. The zero-order valence-electron chi connectivity index (χ0n) is 19.9. The third-order valence-electron chi connectivity index (χ3n) is 5.38. The molecule has 0 aliphatic carbocycles. The van der Waals surface area contributed by atoms with E-state index in [2.05, 4.69) is 4.98 Å². The van der Waals surface area contributed by atoms with Gasteiger partial charge in [-0.05, 0) is 45.0 Å². The Labute approximate surface area is 203 Å². The average Bonchev–Trinajstić information content (AvgIpc) is 3.17. The number of amides is 1. The second-order valence-corrected chi connectivity index (χ2v) is 10.4. The molecule has 0 aliphatic heterocycles. The van der Waals surface area contributed by atoms with Gasteiger partial charge in [-0.25, -0.2) is 26.6 Å². The van der Waals surface area contributed by atoms with Crippen molar-refractivity contribution in [2.45, 2.75) is 37.8 Å². The lowest BCUT2D eigenvalue weighted by atomic mass is 10.1. The Morgan fingerprint density at radius 1 is 1.26 bits per heavy atom. The average molecular weight is 501 g/mol. The number of methoxy groups -OCH3 is 1. The van der Waals surface area contributed by atoms with Crippen molar-refractivity contribution in [2.75, 3.05) is 14.2 Å². The van der Waals surface area contributed by atoms with Gasteiger partial charge in [0.15, 0.2) is 5.82 Å². The highest BCUT2D eigenvalue weighted by molar-refractivity contribution is 7.90. The van der Waals surface area contributed by atoms with E-state index < -0.39 is 39.8 Å². The first-order chi connectivity index (χ1) is 16.4. The molecule has 1 aromatic carbocycles. The lowest BCUT2D eigenvalue weighted by molar-refractivity contribution is 0.0753. The second kappa shape index (κ2) is 9.76. The van der Waals surface area contributed by atoms with Crippen molar-refractivity contribution >= 4 is 16.1 Å². The molecule has 0 N–H and O–H groups in total. The van der Waals surface area contributed by atoms with E-state index in [1.165, 1.54) is 55.6 Å². The molecule has 0 saturated heterocycles. The minimum absolute atomic E-state index is 0.0247. The second-order valence-electron chi connectivity index (χ2n) is 8.59. The number of nitriles is 1. The summed E-state index contributed by atoms with van der Waals surface area (Å²) < 4.78 is 53.9. The minimum Gasteiger partial charge on any atom is -0.497 e. The van der Waals surface area contributed by atoms with E-state index in [0.29, 0.717) is 5.75 Å². The van der Waals surface area contributed by atoms with Crippen LogP contribution in [0.5, 0.6) is 5.75 Å². The van der Waals surface area contributed by atoms with E-state index in [9.17, 15) is 18.5 Å². The maximum absolute atomic E-state index is 15.7. The van der Waals surface area contributed by atoms with E-state index in [0.717, 1.165) is 10.2 Å². The summed E-state index contributed by atoms with van der Waals surface area (Å²) >= 11 is 0. The molecule has 1 amide bonds. The summed E-state index contributed by atoms with van der Waals surface area (Å²) in [7, 11) is -1.42. The zero-order chi connectivity index (χ0) is 26.0. The maximum atomic E-state index is 15.7. The van der Waals surface area contributed by atoms with E-state index >= 15 is 4.39 Å². The molecule has 0 unspecified atom stereocenters. The van der Waals surface area contributed by atoms with Crippen molar-refractivity contribution < 1.29 is 27.1 Å². The van der Waals surface area contributed by atoms with Crippen LogP contribution in [0.25, 0.3) is 11.3 Å². The molecular formula is C24H25FN4O5S. The summed E-state index contributed by atoms with van der Waals surface area (Å²) in [6.07, 6.45) is 1.67. The Balaban J connectivity index is 2.16. The molecule has 11 heteroatoms. The Hall–Kier alpha value is -3.91. The highest BCUT2D eigenvalue weighted by Gasteiger charge is 2.30. The van der Waals surface area contributed by atoms with Crippen LogP contribution < -0.4 is 4.74 Å². The number of carbonyl (C=O) groups excluding carboxylic acids is 1. The molecule has 0 spiro atoms. The largest absolute Gasteiger partial charge is 0.497 e. The minimum atomic E-state index is -4.35. The van der Waals surface area contributed by atoms with Crippen LogP contribution in [0, 0.1) is 17.1 Å². The van der Waals surface area contributed by atoms with Crippen molar-refractivity contribution in [3.05, 3.63) is 65.9 Å². The normalized spacial score (nSPS) is 11.6. The first kappa shape index (κ1) is 25.7. The van der Waals surface area contributed by atoms with Crippen molar-refractivity contribution in [2.24, 2.45) is 0 Å². The number of halogens is 1. The Morgan fingerprint density at radius 2 is 1.97 bits per heavy atom.